The lowest BCUT2D eigenvalue weighted by Gasteiger charge is -2.14. The third kappa shape index (κ3) is 3.48. The van der Waals surface area contributed by atoms with Gasteiger partial charge in [0.25, 0.3) is 0 Å². The minimum atomic E-state index is -1.08. The van der Waals surface area contributed by atoms with Crippen molar-refractivity contribution in [2.24, 2.45) is 0 Å². The average molecular weight is 427 g/mol. The van der Waals surface area contributed by atoms with E-state index in [4.69, 9.17) is 45.3 Å². The number of H-pyrrole nitrogens is 1. The molecule has 3 aromatic rings. The highest BCUT2D eigenvalue weighted by Gasteiger charge is 2.27. The molecule has 1 atom stereocenters. The summed E-state index contributed by atoms with van der Waals surface area (Å²) in [6, 6.07) is 7.36. The summed E-state index contributed by atoms with van der Waals surface area (Å²) < 4.78 is 5.25. The van der Waals surface area contributed by atoms with Crippen molar-refractivity contribution >= 4 is 63.1 Å². The third-order valence-electron chi connectivity index (χ3n) is 4.06. The summed E-state index contributed by atoms with van der Waals surface area (Å²) in [5.41, 5.74) is 7.27. The number of rotatable bonds is 4. The Morgan fingerprint density at radius 1 is 1.19 bits per heavy atom. The Bertz CT molecular complexity index is 1080. The molecule has 9 heteroatoms. The maximum absolute atomic E-state index is 12.9. The number of benzene rings is 1. The number of carbonyl (C=O) groups excluding carboxylic acids is 2. The van der Waals surface area contributed by atoms with E-state index >= 15 is 0 Å². The smallest absolute Gasteiger partial charge is 0.359 e. The molecule has 0 fully saturated rings. The first-order chi connectivity index (χ1) is 12.7. The van der Waals surface area contributed by atoms with Crippen molar-refractivity contribution in [2.45, 2.75) is 20.0 Å². The van der Waals surface area contributed by atoms with Crippen LogP contribution in [0.5, 0.6) is 0 Å². The van der Waals surface area contributed by atoms with Gasteiger partial charge in [-0.3, -0.25) is 4.79 Å². The number of nitrogens with zero attached hydrogens (tertiary/aromatic N) is 1. The van der Waals surface area contributed by atoms with Gasteiger partial charge in [0.1, 0.15) is 5.02 Å². The third-order valence-corrected chi connectivity index (χ3v) is 5.19. The summed E-state index contributed by atoms with van der Waals surface area (Å²) in [5.74, 6) is -1.29. The molecule has 0 unspecified atom stereocenters. The lowest BCUT2D eigenvalue weighted by atomic mass is 10.0. The molecule has 6 nitrogen and oxygen atoms in total. The quantitative estimate of drug-likeness (QED) is 0.353. The number of fused-ring (bicyclic) bond motifs is 1. The first kappa shape index (κ1) is 19.5. The maximum atomic E-state index is 12.9. The molecule has 0 amide bonds. The van der Waals surface area contributed by atoms with Gasteiger partial charge in [0.2, 0.25) is 5.78 Å². The SMILES string of the molecule is Cc1[nH]c2ccccc2c1C(=O)[C@@H](C)OC(=O)c1nc(Cl)c(Cl)c(N)c1Cl. The van der Waals surface area contributed by atoms with Gasteiger partial charge in [0.05, 0.1) is 10.7 Å². The number of aromatic nitrogens is 2. The number of nitrogens with two attached hydrogens (primary N) is 1. The van der Waals surface area contributed by atoms with Crippen molar-refractivity contribution in [1.82, 2.24) is 9.97 Å². The number of ether oxygens (including phenoxy) is 1. The molecule has 3 N–H and O–H groups in total. The van der Waals surface area contributed by atoms with Crippen molar-refractivity contribution in [3.05, 3.63) is 56.4 Å². The Kier molecular flexibility index (Phi) is 5.33. The van der Waals surface area contributed by atoms with E-state index in [1.807, 2.05) is 24.3 Å². The van der Waals surface area contributed by atoms with Crippen LogP contribution in [0.15, 0.2) is 24.3 Å². The summed E-state index contributed by atoms with van der Waals surface area (Å²) >= 11 is 17.7. The summed E-state index contributed by atoms with van der Waals surface area (Å²) in [5, 5.41) is 0.323. The van der Waals surface area contributed by atoms with Gasteiger partial charge in [-0.2, -0.15) is 0 Å². The minimum Gasteiger partial charge on any atom is -0.449 e. The number of carbonyl (C=O) groups is 2. The van der Waals surface area contributed by atoms with Crippen LogP contribution in [0.3, 0.4) is 0 Å². The molecule has 0 radical (unpaired) electrons. The molecule has 0 bridgehead atoms. The predicted molar refractivity (Wildman–Crippen MR) is 106 cm³/mol. The zero-order chi connectivity index (χ0) is 19.9. The van der Waals surface area contributed by atoms with E-state index in [1.54, 1.807) is 6.92 Å². The van der Waals surface area contributed by atoms with Gasteiger partial charge in [0, 0.05) is 22.2 Å². The van der Waals surface area contributed by atoms with Crippen LogP contribution < -0.4 is 5.73 Å². The highest BCUT2D eigenvalue weighted by Crippen LogP contribution is 2.34. The molecule has 140 valence electrons. The van der Waals surface area contributed by atoms with E-state index in [9.17, 15) is 9.59 Å². The predicted octanol–water partition coefficient (Wildman–Crippen LogP) is 4.84. The van der Waals surface area contributed by atoms with E-state index in [1.165, 1.54) is 6.92 Å². The number of esters is 1. The van der Waals surface area contributed by atoms with Crippen molar-refractivity contribution in [3.63, 3.8) is 0 Å². The molecule has 0 saturated carbocycles. The Balaban J connectivity index is 1.89. The van der Waals surface area contributed by atoms with Crippen molar-refractivity contribution in [2.75, 3.05) is 5.73 Å². The number of para-hydroxylation sites is 1. The van der Waals surface area contributed by atoms with E-state index < -0.39 is 12.1 Å². The highest BCUT2D eigenvalue weighted by atomic mass is 35.5. The van der Waals surface area contributed by atoms with Crippen molar-refractivity contribution in [3.8, 4) is 0 Å². The van der Waals surface area contributed by atoms with Crippen LogP contribution in [0.2, 0.25) is 15.2 Å². The molecule has 27 heavy (non-hydrogen) atoms. The standard InChI is InChI=1S/C18H14Cl3N3O3/c1-7-11(9-5-3-4-6-10(9)23-7)16(25)8(2)27-18(26)15-12(19)14(22)13(20)17(21)24-15/h3-6,8,23H,1-2H3,(H2,22,24)/t8-/m1/s1. The number of anilines is 1. The van der Waals surface area contributed by atoms with Crippen LogP contribution >= 0.6 is 34.8 Å². The number of aromatic amines is 1. The van der Waals surface area contributed by atoms with Crippen molar-refractivity contribution < 1.29 is 14.3 Å². The largest absolute Gasteiger partial charge is 0.449 e. The van der Waals surface area contributed by atoms with Gasteiger partial charge in [-0.15, -0.1) is 0 Å². The lowest BCUT2D eigenvalue weighted by molar-refractivity contribution is 0.0313. The Labute approximate surface area is 169 Å². The fourth-order valence-corrected chi connectivity index (χ4v) is 3.32. The fourth-order valence-electron chi connectivity index (χ4n) is 2.73. The van der Waals surface area contributed by atoms with Crippen LogP contribution in [0.4, 0.5) is 5.69 Å². The summed E-state index contributed by atoms with van der Waals surface area (Å²) in [4.78, 5) is 32.2. The zero-order valence-corrected chi connectivity index (χ0v) is 16.5. The second kappa shape index (κ2) is 7.38. The second-order valence-corrected chi connectivity index (χ2v) is 6.99. The first-order valence-corrected chi connectivity index (χ1v) is 8.98. The van der Waals surface area contributed by atoms with Crippen LogP contribution in [-0.4, -0.2) is 27.8 Å². The summed E-state index contributed by atoms with van der Waals surface area (Å²) in [7, 11) is 0. The number of aryl methyl sites for hydroxylation is 1. The number of nitrogen functional groups attached to an aromatic ring is 1. The van der Waals surface area contributed by atoms with Crippen LogP contribution in [0.25, 0.3) is 10.9 Å². The van der Waals surface area contributed by atoms with E-state index in [2.05, 4.69) is 9.97 Å². The number of hydrogen-bond donors (Lipinski definition) is 2. The molecule has 1 aromatic carbocycles. The topological polar surface area (TPSA) is 98.1 Å². The Hall–Kier alpha value is -2.28. The number of ketones is 1. The summed E-state index contributed by atoms with van der Waals surface area (Å²) in [6.45, 7) is 3.25. The first-order valence-electron chi connectivity index (χ1n) is 7.84. The highest BCUT2D eigenvalue weighted by molar-refractivity contribution is 6.46. The molecule has 2 heterocycles. The van der Waals surface area contributed by atoms with Crippen molar-refractivity contribution in [1.29, 1.82) is 0 Å². The molecule has 3 rings (SSSR count). The zero-order valence-electron chi connectivity index (χ0n) is 14.3. The maximum Gasteiger partial charge on any atom is 0.359 e. The number of hydrogen-bond acceptors (Lipinski definition) is 5. The van der Waals surface area contributed by atoms with Crippen LogP contribution in [0.1, 0.15) is 33.5 Å². The van der Waals surface area contributed by atoms with Gasteiger partial charge in [-0.1, -0.05) is 53.0 Å². The fraction of sp³-hybridized carbons (Fsp3) is 0.167. The number of halogens is 3. The molecule has 2 aromatic heterocycles. The Morgan fingerprint density at radius 2 is 1.85 bits per heavy atom. The number of pyridine rings is 1. The van der Waals surface area contributed by atoms with Gasteiger partial charge < -0.3 is 15.5 Å². The van der Waals surface area contributed by atoms with Gasteiger partial charge in [-0.25, -0.2) is 9.78 Å². The Morgan fingerprint density at radius 3 is 2.56 bits per heavy atom. The van der Waals surface area contributed by atoms with Gasteiger partial charge in [-0.05, 0) is 19.9 Å². The number of nitrogens with one attached hydrogen (secondary N) is 1. The van der Waals surface area contributed by atoms with Crippen LogP contribution in [-0.2, 0) is 4.74 Å². The van der Waals surface area contributed by atoms with Gasteiger partial charge in [0.15, 0.2) is 17.0 Å². The van der Waals surface area contributed by atoms with E-state index in [0.29, 0.717) is 11.3 Å². The molecule has 0 aliphatic rings. The van der Waals surface area contributed by atoms with E-state index in [0.717, 1.165) is 10.9 Å². The number of Topliss-reactive ketones (excluding diaryl/α,β-unsaturated/α-hetero) is 1. The molecule has 0 aliphatic carbocycles. The van der Waals surface area contributed by atoms with Gasteiger partial charge >= 0.3 is 5.97 Å². The molecule has 0 spiro atoms. The minimum absolute atomic E-state index is 0.0586. The molecule has 0 aliphatic heterocycles. The normalized spacial score (nSPS) is 12.2. The lowest BCUT2D eigenvalue weighted by Crippen LogP contribution is -2.25. The second-order valence-electron chi connectivity index (χ2n) is 5.88. The molecular formula is C18H14Cl3N3O3. The molecule has 0 saturated heterocycles. The average Bonchev–Trinajstić information content (AvgIpc) is 2.97. The summed E-state index contributed by atoms with van der Waals surface area (Å²) in [6.07, 6.45) is -1.08. The monoisotopic (exact) mass is 425 g/mol. The van der Waals surface area contributed by atoms with E-state index in [-0.39, 0.29) is 32.4 Å². The molecular weight excluding hydrogens is 413 g/mol. The van der Waals surface area contributed by atoms with Crippen LogP contribution in [0, 0.1) is 6.92 Å².